The van der Waals surface area contributed by atoms with E-state index in [-0.39, 0.29) is 5.91 Å². The van der Waals surface area contributed by atoms with Gasteiger partial charge in [0.2, 0.25) is 0 Å². The summed E-state index contributed by atoms with van der Waals surface area (Å²) in [6.07, 6.45) is 8.88. The van der Waals surface area contributed by atoms with Crippen LogP contribution >= 0.6 is 0 Å². The molecule has 8 nitrogen and oxygen atoms in total. The predicted molar refractivity (Wildman–Crippen MR) is 157 cm³/mol. The summed E-state index contributed by atoms with van der Waals surface area (Å²) < 4.78 is 0. The Bertz CT molecular complexity index is 1310. The summed E-state index contributed by atoms with van der Waals surface area (Å²) >= 11 is 0. The molecule has 198 valence electrons. The van der Waals surface area contributed by atoms with Gasteiger partial charge >= 0.3 is 0 Å². The van der Waals surface area contributed by atoms with Crippen molar-refractivity contribution in [2.45, 2.75) is 26.2 Å². The van der Waals surface area contributed by atoms with Gasteiger partial charge in [-0.25, -0.2) is 4.98 Å². The first-order valence-corrected chi connectivity index (χ1v) is 13.5. The third-order valence-electron chi connectivity index (χ3n) is 7.25. The van der Waals surface area contributed by atoms with Crippen molar-refractivity contribution in [3.05, 3.63) is 66.1 Å². The van der Waals surface area contributed by atoms with E-state index in [9.17, 15) is 4.79 Å². The van der Waals surface area contributed by atoms with E-state index in [1.165, 1.54) is 12.8 Å². The number of rotatable bonds is 11. The van der Waals surface area contributed by atoms with Crippen LogP contribution in [0.4, 0.5) is 22.9 Å². The van der Waals surface area contributed by atoms with Crippen molar-refractivity contribution >= 4 is 34.4 Å². The Morgan fingerprint density at radius 1 is 1.08 bits per heavy atom. The molecule has 8 heteroatoms. The van der Waals surface area contributed by atoms with E-state index in [1.807, 2.05) is 38.6 Å². The first-order valence-electron chi connectivity index (χ1n) is 13.5. The molecule has 0 saturated heterocycles. The topological polar surface area (TPSA) is 94.2 Å². The molecule has 3 aromatic rings. The highest BCUT2D eigenvalue weighted by Gasteiger charge is 2.25. The zero-order valence-corrected chi connectivity index (χ0v) is 22.5. The fourth-order valence-electron chi connectivity index (χ4n) is 4.70. The van der Waals surface area contributed by atoms with Crippen molar-refractivity contribution in [1.29, 1.82) is 0 Å². The maximum atomic E-state index is 13.7. The molecule has 1 aliphatic heterocycles. The highest BCUT2D eigenvalue weighted by Crippen LogP contribution is 2.37. The molecule has 0 atom stereocenters. The average molecular weight is 512 g/mol. The van der Waals surface area contributed by atoms with Crippen LogP contribution in [0.5, 0.6) is 0 Å². The van der Waals surface area contributed by atoms with Gasteiger partial charge in [0.25, 0.3) is 5.91 Å². The summed E-state index contributed by atoms with van der Waals surface area (Å²) in [6, 6.07) is 12.2. The number of nitrogens with one attached hydrogen (secondary N) is 4. The van der Waals surface area contributed by atoms with E-state index in [0.29, 0.717) is 12.2 Å². The second-order valence-electron chi connectivity index (χ2n) is 10.1. The molecule has 1 saturated carbocycles. The lowest BCUT2D eigenvalue weighted by molar-refractivity contribution is -0.111. The Hall–Kier alpha value is -3.91. The highest BCUT2D eigenvalue weighted by molar-refractivity contribution is 6.28. The Morgan fingerprint density at radius 3 is 2.68 bits per heavy atom. The summed E-state index contributed by atoms with van der Waals surface area (Å²) in [4.78, 5) is 24.7. The Kier molecular flexibility index (Phi) is 7.89. The molecule has 2 aromatic heterocycles. The Balaban J connectivity index is 1.38. The lowest BCUT2D eigenvalue weighted by atomic mass is 9.90. The van der Waals surface area contributed by atoms with E-state index in [2.05, 4.69) is 67.3 Å². The molecule has 1 aromatic carbocycles. The zero-order valence-electron chi connectivity index (χ0n) is 22.5. The van der Waals surface area contributed by atoms with E-state index in [0.717, 1.165) is 77.0 Å². The molecule has 1 amide bonds. The van der Waals surface area contributed by atoms with Gasteiger partial charge in [0.1, 0.15) is 5.82 Å². The number of benzene rings is 1. The third-order valence-corrected chi connectivity index (χ3v) is 7.25. The first kappa shape index (κ1) is 25.7. The van der Waals surface area contributed by atoms with Crippen molar-refractivity contribution in [2.75, 3.05) is 61.1 Å². The minimum absolute atomic E-state index is 0.113. The molecule has 1 fully saturated rings. The lowest BCUT2D eigenvalue weighted by Gasteiger charge is -2.25. The van der Waals surface area contributed by atoms with Crippen molar-refractivity contribution < 1.29 is 4.79 Å². The first-order chi connectivity index (χ1) is 18.6. The summed E-state index contributed by atoms with van der Waals surface area (Å²) in [5, 5.41) is 13.2. The van der Waals surface area contributed by atoms with Crippen LogP contribution in [0.25, 0.3) is 16.7 Å². The van der Waals surface area contributed by atoms with Gasteiger partial charge < -0.3 is 26.2 Å². The van der Waals surface area contributed by atoms with Crippen LogP contribution in [-0.2, 0) is 4.79 Å². The van der Waals surface area contributed by atoms with Crippen molar-refractivity contribution in [3.8, 4) is 11.1 Å². The molecular weight excluding hydrogens is 474 g/mol. The normalized spacial score (nSPS) is 14.5. The number of hydrogen-bond acceptors (Lipinski definition) is 7. The molecule has 0 bridgehead atoms. The molecule has 38 heavy (non-hydrogen) atoms. The number of carbonyl (C=O) groups is 1. The maximum Gasteiger partial charge on any atom is 0.256 e. The van der Waals surface area contributed by atoms with E-state index in [1.54, 1.807) is 6.20 Å². The average Bonchev–Trinajstić information content (AvgIpc) is 3.79. The monoisotopic (exact) mass is 511 g/mol. The summed E-state index contributed by atoms with van der Waals surface area (Å²) in [5.41, 5.74) is 7.46. The summed E-state index contributed by atoms with van der Waals surface area (Å²) in [7, 11) is 3.94. The van der Waals surface area contributed by atoms with Crippen LogP contribution in [0, 0.1) is 5.92 Å². The molecule has 3 heterocycles. The number of likely N-dealkylation sites (N-methyl/N-ethyl adjacent to an activating group) is 2. The predicted octanol–water partition coefficient (Wildman–Crippen LogP) is 4.85. The summed E-state index contributed by atoms with van der Waals surface area (Å²) in [6.45, 7) is 5.46. The molecule has 0 radical (unpaired) electrons. The number of pyridine rings is 2. The van der Waals surface area contributed by atoms with Gasteiger partial charge in [0.15, 0.2) is 0 Å². The number of aromatic nitrogens is 2. The van der Waals surface area contributed by atoms with Crippen LogP contribution in [0.15, 0.2) is 60.6 Å². The molecule has 0 spiro atoms. The zero-order chi connectivity index (χ0) is 26.5. The van der Waals surface area contributed by atoms with Gasteiger partial charge in [-0.3, -0.25) is 9.78 Å². The highest BCUT2D eigenvalue weighted by atomic mass is 16.1. The third kappa shape index (κ3) is 5.97. The Labute approximate surface area is 225 Å². The minimum atomic E-state index is -0.113. The number of amides is 1. The van der Waals surface area contributed by atoms with Crippen LogP contribution in [-0.4, -0.2) is 56.1 Å². The lowest BCUT2D eigenvalue weighted by Crippen LogP contribution is -2.27. The van der Waals surface area contributed by atoms with E-state index in [4.69, 9.17) is 0 Å². The SMILES string of the molecule is CCC1=C(C(=O)Nc2ccc(N(C)CCNC)nc2)c2cc(-c3cncc(NCC4CC4)c3)ccc2NC1. The fraction of sp³-hybridized carbons (Fsp3) is 0.367. The number of nitrogens with zero attached hydrogens (tertiary/aromatic N) is 3. The standard InChI is InChI=1S/C30H37N7O/c1-4-21-17-34-27-9-7-22(23-13-25(18-32-16-23)33-15-20-5-6-20)14-26(27)29(21)30(38)36-24-8-10-28(35-19-24)37(3)12-11-31-2/h7-10,13-14,16,18-20,31,33-34H,4-6,11-12,15,17H2,1-3H3,(H,36,38). The minimum Gasteiger partial charge on any atom is -0.384 e. The molecule has 0 unspecified atom stereocenters. The molecule has 2 aliphatic rings. The second kappa shape index (κ2) is 11.6. The number of anilines is 4. The fourth-order valence-corrected chi connectivity index (χ4v) is 4.70. The van der Waals surface area contributed by atoms with E-state index < -0.39 is 0 Å². The van der Waals surface area contributed by atoms with Gasteiger partial charge in [-0.1, -0.05) is 13.0 Å². The number of fused-ring (bicyclic) bond motifs is 1. The number of hydrogen-bond donors (Lipinski definition) is 4. The maximum absolute atomic E-state index is 13.7. The molecule has 5 rings (SSSR count). The Morgan fingerprint density at radius 2 is 1.95 bits per heavy atom. The molecule has 1 aliphatic carbocycles. The van der Waals surface area contributed by atoms with Gasteiger partial charge in [0.05, 0.1) is 17.6 Å². The van der Waals surface area contributed by atoms with Crippen LogP contribution in [0.1, 0.15) is 31.7 Å². The van der Waals surface area contributed by atoms with Crippen LogP contribution in [0.3, 0.4) is 0 Å². The van der Waals surface area contributed by atoms with Gasteiger partial charge in [-0.05, 0) is 73.7 Å². The summed E-state index contributed by atoms with van der Waals surface area (Å²) in [5.74, 6) is 1.54. The second-order valence-corrected chi connectivity index (χ2v) is 10.1. The van der Waals surface area contributed by atoms with Gasteiger partial charge in [-0.15, -0.1) is 0 Å². The molecular formula is C30H37N7O. The van der Waals surface area contributed by atoms with Crippen molar-refractivity contribution in [2.24, 2.45) is 5.92 Å². The number of carbonyl (C=O) groups excluding carboxylic acids is 1. The van der Waals surface area contributed by atoms with E-state index >= 15 is 0 Å². The van der Waals surface area contributed by atoms with Gasteiger partial charge in [0, 0.05) is 68.0 Å². The van der Waals surface area contributed by atoms with Gasteiger partial charge in [-0.2, -0.15) is 0 Å². The van der Waals surface area contributed by atoms with Crippen LogP contribution in [0.2, 0.25) is 0 Å². The smallest absolute Gasteiger partial charge is 0.256 e. The van der Waals surface area contributed by atoms with Crippen LogP contribution < -0.4 is 26.2 Å². The molecule has 4 N–H and O–H groups in total. The van der Waals surface area contributed by atoms with Crippen molar-refractivity contribution in [1.82, 2.24) is 15.3 Å². The van der Waals surface area contributed by atoms with Crippen molar-refractivity contribution in [3.63, 3.8) is 0 Å². The quantitative estimate of drug-likeness (QED) is 0.292. The largest absolute Gasteiger partial charge is 0.384 e.